The van der Waals surface area contributed by atoms with E-state index >= 15 is 0 Å². The molecular weight excluding hydrogens is 419 g/mol. The maximum atomic E-state index is 6.52. The molecule has 5 rings (SSSR count). The molecule has 4 nitrogen and oxygen atoms in total. The van der Waals surface area contributed by atoms with Crippen LogP contribution in [0.4, 0.5) is 0 Å². The highest BCUT2D eigenvalue weighted by molar-refractivity contribution is 6.39. The first-order chi connectivity index (χ1) is 14.4. The van der Waals surface area contributed by atoms with Gasteiger partial charge in [-0.2, -0.15) is 0 Å². The van der Waals surface area contributed by atoms with Crippen LogP contribution in [-0.2, 0) is 11.3 Å². The van der Waals surface area contributed by atoms with E-state index in [0.29, 0.717) is 52.6 Å². The van der Waals surface area contributed by atoms with Gasteiger partial charge in [-0.05, 0) is 56.6 Å². The van der Waals surface area contributed by atoms with Crippen molar-refractivity contribution in [1.29, 1.82) is 0 Å². The molecule has 6 heteroatoms. The van der Waals surface area contributed by atoms with Gasteiger partial charge in [0.05, 0.1) is 22.8 Å². The molecule has 1 saturated heterocycles. The second kappa shape index (κ2) is 8.12. The van der Waals surface area contributed by atoms with E-state index in [2.05, 4.69) is 30.8 Å². The van der Waals surface area contributed by atoms with E-state index in [-0.39, 0.29) is 0 Å². The standard InChI is InChI=1S/C24H30Cl2N2O2/c1-13(2)14(3)28-11-16-9-17(28)10-21(16)29-12-18-23(27-30-24(18)15-7-8-15)22-19(25)5-4-6-20(22)26/h4-6,13-17,21H,7-12H2,1-3H3/t14-,16-,17-,21+/m0/s1. The number of aromatic nitrogens is 1. The minimum atomic E-state index is 0.308. The summed E-state index contributed by atoms with van der Waals surface area (Å²) in [6.45, 7) is 8.66. The molecule has 2 bridgehead atoms. The van der Waals surface area contributed by atoms with Gasteiger partial charge in [-0.1, -0.05) is 48.3 Å². The second-order valence-electron chi connectivity index (χ2n) is 9.66. The summed E-state index contributed by atoms with van der Waals surface area (Å²) in [4.78, 5) is 2.69. The number of benzene rings is 1. The molecule has 0 radical (unpaired) electrons. The van der Waals surface area contributed by atoms with Crippen LogP contribution in [0.15, 0.2) is 22.7 Å². The van der Waals surface area contributed by atoms with E-state index in [4.69, 9.17) is 32.5 Å². The molecule has 162 valence electrons. The van der Waals surface area contributed by atoms with Crippen molar-refractivity contribution in [2.45, 2.75) is 77.2 Å². The van der Waals surface area contributed by atoms with Crippen LogP contribution in [0, 0.1) is 11.8 Å². The minimum Gasteiger partial charge on any atom is -0.373 e. The molecule has 1 aliphatic heterocycles. The quantitative estimate of drug-likeness (QED) is 0.481. The number of halogens is 2. The lowest BCUT2D eigenvalue weighted by Crippen LogP contribution is -2.45. The average Bonchev–Trinajstić information content (AvgIpc) is 3.17. The smallest absolute Gasteiger partial charge is 0.145 e. The highest BCUT2D eigenvalue weighted by Gasteiger charge is 2.47. The lowest BCUT2D eigenvalue weighted by Gasteiger charge is -2.37. The Morgan fingerprint density at radius 3 is 2.50 bits per heavy atom. The van der Waals surface area contributed by atoms with Gasteiger partial charge in [0.1, 0.15) is 11.5 Å². The third-order valence-electron chi connectivity index (χ3n) is 7.42. The van der Waals surface area contributed by atoms with Gasteiger partial charge in [-0.25, -0.2) is 0 Å². The number of piperidine rings is 1. The summed E-state index contributed by atoms with van der Waals surface area (Å²) in [5.74, 6) is 2.71. The van der Waals surface area contributed by atoms with Gasteiger partial charge >= 0.3 is 0 Å². The van der Waals surface area contributed by atoms with Crippen molar-refractivity contribution in [3.8, 4) is 11.3 Å². The number of hydrogen-bond donors (Lipinski definition) is 0. The van der Waals surface area contributed by atoms with E-state index < -0.39 is 0 Å². The topological polar surface area (TPSA) is 38.5 Å². The van der Waals surface area contributed by atoms with Crippen molar-refractivity contribution < 1.29 is 9.26 Å². The van der Waals surface area contributed by atoms with Crippen molar-refractivity contribution in [2.75, 3.05) is 6.54 Å². The van der Waals surface area contributed by atoms with E-state index in [1.807, 2.05) is 18.2 Å². The molecule has 2 aromatic rings. The molecule has 0 N–H and O–H groups in total. The fourth-order valence-corrected chi connectivity index (χ4v) is 5.84. The van der Waals surface area contributed by atoms with Crippen molar-refractivity contribution >= 4 is 23.2 Å². The third kappa shape index (κ3) is 3.70. The summed E-state index contributed by atoms with van der Waals surface area (Å²) in [6.07, 6.45) is 4.97. The normalized spacial score (nSPS) is 27.3. The monoisotopic (exact) mass is 448 g/mol. The van der Waals surface area contributed by atoms with Gasteiger partial charge < -0.3 is 9.26 Å². The zero-order chi connectivity index (χ0) is 21.0. The average molecular weight is 449 g/mol. The van der Waals surface area contributed by atoms with Crippen LogP contribution in [0.3, 0.4) is 0 Å². The fourth-order valence-electron chi connectivity index (χ4n) is 5.27. The Hall–Kier alpha value is -1.07. The van der Waals surface area contributed by atoms with Gasteiger partial charge in [0.15, 0.2) is 0 Å². The molecule has 1 aromatic carbocycles. The van der Waals surface area contributed by atoms with Crippen LogP contribution in [-0.4, -0.2) is 34.8 Å². The summed E-state index contributed by atoms with van der Waals surface area (Å²) < 4.78 is 12.3. The highest BCUT2D eigenvalue weighted by atomic mass is 35.5. The zero-order valence-electron chi connectivity index (χ0n) is 17.9. The molecule has 3 fully saturated rings. The van der Waals surface area contributed by atoms with E-state index in [0.717, 1.165) is 48.4 Å². The molecule has 2 saturated carbocycles. The van der Waals surface area contributed by atoms with Crippen LogP contribution < -0.4 is 0 Å². The van der Waals surface area contributed by atoms with E-state index in [1.165, 1.54) is 6.42 Å². The Morgan fingerprint density at radius 1 is 1.17 bits per heavy atom. The van der Waals surface area contributed by atoms with E-state index in [9.17, 15) is 0 Å². The van der Waals surface area contributed by atoms with Gasteiger partial charge in [0.2, 0.25) is 0 Å². The molecule has 0 unspecified atom stereocenters. The fraction of sp³-hybridized carbons (Fsp3) is 0.625. The summed E-state index contributed by atoms with van der Waals surface area (Å²) in [5.41, 5.74) is 2.52. The summed E-state index contributed by atoms with van der Waals surface area (Å²) >= 11 is 13.0. The maximum Gasteiger partial charge on any atom is 0.145 e. The molecule has 0 spiro atoms. The molecule has 2 aliphatic carbocycles. The number of rotatable bonds is 7. The Morgan fingerprint density at radius 2 is 1.90 bits per heavy atom. The summed E-state index contributed by atoms with van der Waals surface area (Å²) in [5, 5.41) is 5.58. The molecule has 1 aromatic heterocycles. The number of fused-ring (bicyclic) bond motifs is 2. The van der Waals surface area contributed by atoms with Gasteiger partial charge in [-0.15, -0.1) is 0 Å². The van der Waals surface area contributed by atoms with Crippen LogP contribution in [0.5, 0.6) is 0 Å². The first-order valence-corrected chi connectivity index (χ1v) is 12.0. The second-order valence-corrected chi connectivity index (χ2v) is 10.5. The van der Waals surface area contributed by atoms with Gasteiger partial charge in [-0.3, -0.25) is 4.90 Å². The lowest BCUT2D eigenvalue weighted by atomic mass is 9.99. The lowest BCUT2D eigenvalue weighted by molar-refractivity contribution is -0.0203. The summed E-state index contributed by atoms with van der Waals surface area (Å²) in [6, 6.07) is 6.83. The minimum absolute atomic E-state index is 0.308. The predicted octanol–water partition coefficient (Wildman–Crippen LogP) is 6.55. The molecular formula is C24H30Cl2N2O2. The molecule has 0 amide bonds. The number of nitrogens with zero attached hydrogens (tertiary/aromatic N) is 2. The highest BCUT2D eigenvalue weighted by Crippen LogP contribution is 2.47. The Labute approximate surface area is 188 Å². The maximum absolute atomic E-state index is 6.52. The van der Waals surface area contributed by atoms with Crippen LogP contribution >= 0.6 is 23.2 Å². The van der Waals surface area contributed by atoms with Crippen molar-refractivity contribution in [3.05, 3.63) is 39.6 Å². The predicted molar refractivity (Wildman–Crippen MR) is 120 cm³/mol. The largest absolute Gasteiger partial charge is 0.373 e. The first-order valence-electron chi connectivity index (χ1n) is 11.2. The SMILES string of the molecule is CC(C)[C@H](C)N1C[C@@H]2C[C@H]1C[C@H]2OCc1c(-c2c(Cl)cccc2Cl)noc1C1CC1. The molecule has 2 heterocycles. The number of likely N-dealkylation sites (tertiary alicyclic amines) is 1. The van der Waals surface area contributed by atoms with Crippen molar-refractivity contribution in [1.82, 2.24) is 10.1 Å². The molecule has 3 aliphatic rings. The van der Waals surface area contributed by atoms with Crippen LogP contribution in [0.25, 0.3) is 11.3 Å². The van der Waals surface area contributed by atoms with Crippen molar-refractivity contribution in [2.24, 2.45) is 11.8 Å². The van der Waals surface area contributed by atoms with Crippen molar-refractivity contribution in [3.63, 3.8) is 0 Å². The van der Waals surface area contributed by atoms with Crippen LogP contribution in [0.2, 0.25) is 10.0 Å². The summed E-state index contributed by atoms with van der Waals surface area (Å²) in [7, 11) is 0. The molecule has 4 atom stereocenters. The Bertz CT molecular complexity index is 904. The number of ether oxygens (including phenoxy) is 1. The molecule has 30 heavy (non-hydrogen) atoms. The number of hydrogen-bond acceptors (Lipinski definition) is 4. The van der Waals surface area contributed by atoms with Gasteiger partial charge in [0.25, 0.3) is 0 Å². The Kier molecular flexibility index (Phi) is 5.64. The first kappa shape index (κ1) is 20.8. The third-order valence-corrected chi connectivity index (χ3v) is 8.05. The van der Waals surface area contributed by atoms with Crippen LogP contribution in [0.1, 0.15) is 63.7 Å². The van der Waals surface area contributed by atoms with E-state index in [1.54, 1.807) is 0 Å². The zero-order valence-corrected chi connectivity index (χ0v) is 19.4. The Balaban J connectivity index is 1.34. The van der Waals surface area contributed by atoms with Gasteiger partial charge in [0, 0.05) is 35.7 Å².